The van der Waals surface area contributed by atoms with Crippen molar-refractivity contribution < 1.29 is 14.6 Å². The normalized spacial score (nSPS) is 17.2. The first-order valence-corrected chi connectivity index (χ1v) is 6.54. The molecule has 4 nitrogen and oxygen atoms in total. The first-order chi connectivity index (χ1) is 8.65. The molecule has 0 unspecified atom stereocenters. The van der Waals surface area contributed by atoms with Crippen LogP contribution in [0.15, 0.2) is 12.1 Å². The van der Waals surface area contributed by atoms with Crippen LogP contribution in [0.4, 0.5) is 0 Å². The molecule has 0 radical (unpaired) electrons. The van der Waals surface area contributed by atoms with E-state index in [1.807, 2.05) is 0 Å². The fourth-order valence-electron chi connectivity index (χ4n) is 2.35. The van der Waals surface area contributed by atoms with Crippen molar-refractivity contribution in [2.75, 3.05) is 0 Å². The summed E-state index contributed by atoms with van der Waals surface area (Å²) in [5.74, 6) is -0.495. The van der Waals surface area contributed by atoms with Gasteiger partial charge in [-0.25, -0.2) is 9.78 Å². The van der Waals surface area contributed by atoms with Gasteiger partial charge in [0.15, 0.2) is 0 Å². The summed E-state index contributed by atoms with van der Waals surface area (Å²) in [4.78, 5) is 15.2. The number of aryl methyl sites for hydroxylation is 1. The fraction of sp³-hybridized carbons (Fsp3) is 0.571. The molecule has 1 N–H and O–H groups in total. The van der Waals surface area contributed by atoms with Gasteiger partial charge in [-0.1, -0.05) is 12.8 Å². The van der Waals surface area contributed by atoms with Gasteiger partial charge in [-0.05, 0) is 38.7 Å². The number of ether oxygens (including phenoxy) is 1. The van der Waals surface area contributed by atoms with E-state index in [4.69, 9.17) is 9.84 Å². The van der Waals surface area contributed by atoms with Crippen LogP contribution in [-0.4, -0.2) is 22.2 Å². The van der Waals surface area contributed by atoms with Gasteiger partial charge in [-0.2, -0.15) is 0 Å². The number of hydrogen-bond donors (Lipinski definition) is 1. The number of carboxylic acid groups (broad SMARTS) is 1. The fourth-order valence-corrected chi connectivity index (χ4v) is 2.35. The molecule has 98 valence electrons. The van der Waals surface area contributed by atoms with Crippen molar-refractivity contribution in [1.82, 2.24) is 4.98 Å². The standard InChI is InChI=1S/C14H19NO3/c1-10-8-11(14(16)17)9-13(15-10)18-12-6-4-2-3-5-7-12/h8-9,12H,2-7H2,1H3,(H,16,17). The van der Waals surface area contributed by atoms with E-state index in [-0.39, 0.29) is 11.7 Å². The summed E-state index contributed by atoms with van der Waals surface area (Å²) in [5, 5.41) is 9.00. The number of rotatable bonds is 3. The summed E-state index contributed by atoms with van der Waals surface area (Å²) < 4.78 is 5.83. The van der Waals surface area contributed by atoms with Crippen LogP contribution in [0.5, 0.6) is 5.88 Å². The molecule has 1 saturated carbocycles. The maximum absolute atomic E-state index is 11.0. The molecule has 1 aromatic rings. The lowest BCUT2D eigenvalue weighted by atomic mass is 10.1. The average molecular weight is 249 g/mol. The van der Waals surface area contributed by atoms with E-state index >= 15 is 0 Å². The minimum Gasteiger partial charge on any atom is -0.478 e. The summed E-state index contributed by atoms with van der Waals surface area (Å²) in [6.07, 6.45) is 7.16. The molecule has 0 amide bonds. The Hall–Kier alpha value is -1.58. The second kappa shape index (κ2) is 5.85. The van der Waals surface area contributed by atoms with Crippen molar-refractivity contribution in [1.29, 1.82) is 0 Å². The van der Waals surface area contributed by atoms with Gasteiger partial charge in [0.05, 0.1) is 5.56 Å². The molecule has 1 aromatic heterocycles. The van der Waals surface area contributed by atoms with E-state index in [9.17, 15) is 4.79 Å². The summed E-state index contributed by atoms with van der Waals surface area (Å²) in [6.45, 7) is 1.78. The van der Waals surface area contributed by atoms with Crippen LogP contribution in [0.2, 0.25) is 0 Å². The second-order valence-corrected chi connectivity index (χ2v) is 4.87. The van der Waals surface area contributed by atoms with Crippen molar-refractivity contribution in [3.05, 3.63) is 23.4 Å². The molecule has 1 fully saturated rings. The van der Waals surface area contributed by atoms with E-state index in [1.54, 1.807) is 13.0 Å². The topological polar surface area (TPSA) is 59.4 Å². The smallest absolute Gasteiger partial charge is 0.335 e. The quantitative estimate of drug-likeness (QED) is 0.836. The molecule has 18 heavy (non-hydrogen) atoms. The minimum absolute atomic E-state index is 0.184. The highest BCUT2D eigenvalue weighted by Gasteiger charge is 2.15. The number of aromatic carboxylic acids is 1. The van der Waals surface area contributed by atoms with Crippen LogP contribution in [0.25, 0.3) is 0 Å². The average Bonchev–Trinajstić information content (AvgIpc) is 2.57. The van der Waals surface area contributed by atoms with E-state index in [1.165, 1.54) is 31.7 Å². The molecule has 0 bridgehead atoms. The molecular weight excluding hydrogens is 230 g/mol. The second-order valence-electron chi connectivity index (χ2n) is 4.87. The molecule has 0 saturated heterocycles. The maximum Gasteiger partial charge on any atom is 0.335 e. The first-order valence-electron chi connectivity index (χ1n) is 6.54. The maximum atomic E-state index is 11.0. The Morgan fingerprint density at radius 1 is 1.28 bits per heavy atom. The minimum atomic E-state index is -0.939. The highest BCUT2D eigenvalue weighted by molar-refractivity contribution is 5.87. The highest BCUT2D eigenvalue weighted by Crippen LogP contribution is 2.22. The van der Waals surface area contributed by atoms with Gasteiger partial charge in [-0.15, -0.1) is 0 Å². The Bertz CT molecular complexity index is 423. The zero-order chi connectivity index (χ0) is 13.0. The Balaban J connectivity index is 2.10. The predicted molar refractivity (Wildman–Crippen MR) is 68.1 cm³/mol. The van der Waals surface area contributed by atoms with Gasteiger partial charge >= 0.3 is 5.97 Å². The van der Waals surface area contributed by atoms with Crippen LogP contribution in [0, 0.1) is 6.92 Å². The van der Waals surface area contributed by atoms with E-state index < -0.39 is 5.97 Å². The third kappa shape index (κ3) is 3.45. The molecule has 0 aromatic carbocycles. The Morgan fingerprint density at radius 2 is 1.94 bits per heavy atom. The largest absolute Gasteiger partial charge is 0.478 e. The van der Waals surface area contributed by atoms with Gasteiger partial charge in [0.1, 0.15) is 6.10 Å². The molecule has 0 spiro atoms. The number of pyridine rings is 1. The van der Waals surface area contributed by atoms with Crippen molar-refractivity contribution in [3.63, 3.8) is 0 Å². The van der Waals surface area contributed by atoms with Crippen LogP contribution >= 0.6 is 0 Å². The third-order valence-corrected chi connectivity index (χ3v) is 3.27. The van der Waals surface area contributed by atoms with Crippen molar-refractivity contribution in [3.8, 4) is 5.88 Å². The molecule has 1 aliphatic carbocycles. The first kappa shape index (κ1) is 12.9. The Labute approximate surface area is 107 Å². The van der Waals surface area contributed by atoms with E-state index in [0.717, 1.165) is 12.8 Å². The van der Waals surface area contributed by atoms with Gasteiger partial charge in [0, 0.05) is 11.8 Å². The zero-order valence-corrected chi connectivity index (χ0v) is 10.7. The lowest BCUT2D eigenvalue weighted by Gasteiger charge is -2.16. The third-order valence-electron chi connectivity index (χ3n) is 3.27. The van der Waals surface area contributed by atoms with Crippen LogP contribution in [0.3, 0.4) is 0 Å². The summed E-state index contributed by atoms with van der Waals surface area (Å²) >= 11 is 0. The van der Waals surface area contributed by atoms with Crippen molar-refractivity contribution in [2.45, 2.75) is 51.6 Å². The molecule has 2 rings (SSSR count). The van der Waals surface area contributed by atoms with Crippen LogP contribution in [-0.2, 0) is 0 Å². The van der Waals surface area contributed by atoms with E-state index in [2.05, 4.69) is 4.98 Å². The summed E-state index contributed by atoms with van der Waals surface area (Å²) in [5.41, 5.74) is 0.921. The molecular formula is C14H19NO3. The van der Waals surface area contributed by atoms with Gasteiger partial charge < -0.3 is 9.84 Å². The van der Waals surface area contributed by atoms with Crippen molar-refractivity contribution >= 4 is 5.97 Å². The summed E-state index contributed by atoms with van der Waals surface area (Å²) in [6, 6.07) is 3.07. The molecule has 0 atom stereocenters. The van der Waals surface area contributed by atoms with Crippen LogP contribution < -0.4 is 4.74 Å². The lowest BCUT2D eigenvalue weighted by Crippen LogP contribution is -2.16. The number of aromatic nitrogens is 1. The number of hydrogen-bond acceptors (Lipinski definition) is 3. The zero-order valence-electron chi connectivity index (χ0n) is 10.7. The lowest BCUT2D eigenvalue weighted by molar-refractivity contribution is 0.0695. The predicted octanol–water partition coefficient (Wildman–Crippen LogP) is 3.19. The van der Waals surface area contributed by atoms with Gasteiger partial charge in [0.2, 0.25) is 5.88 Å². The molecule has 0 aliphatic heterocycles. The SMILES string of the molecule is Cc1cc(C(=O)O)cc(OC2CCCCCC2)n1. The molecule has 1 heterocycles. The molecule has 4 heteroatoms. The van der Waals surface area contributed by atoms with E-state index in [0.29, 0.717) is 11.6 Å². The molecule has 1 aliphatic rings. The van der Waals surface area contributed by atoms with Crippen LogP contribution in [0.1, 0.15) is 54.6 Å². The Morgan fingerprint density at radius 3 is 2.56 bits per heavy atom. The van der Waals surface area contributed by atoms with Gasteiger partial charge in [0.25, 0.3) is 0 Å². The highest BCUT2D eigenvalue weighted by atomic mass is 16.5. The van der Waals surface area contributed by atoms with Crippen molar-refractivity contribution in [2.24, 2.45) is 0 Å². The monoisotopic (exact) mass is 249 g/mol. The number of carbonyl (C=O) groups is 1. The van der Waals surface area contributed by atoms with Gasteiger partial charge in [-0.3, -0.25) is 0 Å². The summed E-state index contributed by atoms with van der Waals surface area (Å²) in [7, 11) is 0. The number of nitrogens with zero attached hydrogens (tertiary/aromatic N) is 1. The Kier molecular flexibility index (Phi) is 4.18. The number of carboxylic acids is 1.